The van der Waals surface area contributed by atoms with Crippen molar-refractivity contribution < 1.29 is 0 Å². The van der Waals surface area contributed by atoms with Crippen LogP contribution in [0.1, 0.15) is 59.3 Å². The summed E-state index contributed by atoms with van der Waals surface area (Å²) >= 11 is 0. The van der Waals surface area contributed by atoms with E-state index in [1.807, 2.05) is 0 Å². The second kappa shape index (κ2) is 7.70. The molecule has 0 saturated carbocycles. The highest BCUT2D eigenvalue weighted by Gasteiger charge is 2.09. The first-order valence-electron chi connectivity index (χ1n) is 5.72. The lowest BCUT2D eigenvalue weighted by Crippen LogP contribution is -2.05. The van der Waals surface area contributed by atoms with Gasteiger partial charge in [-0.2, -0.15) is 0 Å². The first-order chi connectivity index (χ1) is 5.72. The monoisotopic (exact) mass is 168 g/mol. The summed E-state index contributed by atoms with van der Waals surface area (Å²) in [5, 5.41) is 0. The molecule has 0 heterocycles. The van der Waals surface area contributed by atoms with Gasteiger partial charge in [-0.15, -0.1) is 0 Å². The van der Waals surface area contributed by atoms with E-state index in [0.717, 1.165) is 11.7 Å². The van der Waals surface area contributed by atoms with Crippen LogP contribution in [0.5, 0.6) is 0 Å². The van der Waals surface area contributed by atoms with Crippen LogP contribution in [-0.2, 0) is 0 Å². The Morgan fingerprint density at radius 3 is 2.17 bits per heavy atom. The van der Waals surface area contributed by atoms with Crippen LogP contribution in [0.25, 0.3) is 0 Å². The minimum Gasteiger partial charge on any atom is -0.0672 e. The third-order valence-corrected chi connectivity index (χ3v) is 2.98. The van der Waals surface area contributed by atoms with Gasteiger partial charge in [0.2, 0.25) is 0 Å². The van der Waals surface area contributed by atoms with Gasteiger partial charge in [-0.3, -0.25) is 0 Å². The van der Waals surface area contributed by atoms with Crippen molar-refractivity contribution in [2.75, 3.05) is 0 Å². The average Bonchev–Trinajstić information content (AvgIpc) is 2.05. The standard InChI is InChI=1S/C11H25B/c1-4-6-7-9-10(3)11(12)8-5-2/h10-11H,4-9,12H2,1-3H3. The van der Waals surface area contributed by atoms with E-state index < -0.39 is 0 Å². The van der Waals surface area contributed by atoms with Gasteiger partial charge in [-0.1, -0.05) is 65.1 Å². The molecule has 0 aromatic carbocycles. The van der Waals surface area contributed by atoms with Crippen molar-refractivity contribution in [3.8, 4) is 0 Å². The molecule has 0 rings (SSSR count). The van der Waals surface area contributed by atoms with Crippen molar-refractivity contribution in [2.45, 2.75) is 65.1 Å². The van der Waals surface area contributed by atoms with Gasteiger partial charge in [-0.25, -0.2) is 0 Å². The van der Waals surface area contributed by atoms with Gasteiger partial charge < -0.3 is 0 Å². The molecule has 0 aromatic heterocycles. The second-order valence-corrected chi connectivity index (χ2v) is 4.24. The summed E-state index contributed by atoms with van der Waals surface area (Å²) in [6, 6.07) is 0. The van der Waals surface area contributed by atoms with Crippen molar-refractivity contribution in [2.24, 2.45) is 5.92 Å². The SMILES string of the molecule is BC(CCC)C(C)CCCCC. The van der Waals surface area contributed by atoms with Crippen molar-refractivity contribution in [1.82, 2.24) is 0 Å². The lowest BCUT2D eigenvalue weighted by atomic mass is 9.73. The predicted octanol–water partition coefficient (Wildman–Crippen LogP) is 3.42. The molecule has 0 aromatic rings. The molecule has 0 saturated heterocycles. The summed E-state index contributed by atoms with van der Waals surface area (Å²) in [5.74, 6) is 1.88. The number of unbranched alkanes of at least 4 members (excludes halogenated alkanes) is 2. The van der Waals surface area contributed by atoms with E-state index in [0.29, 0.717) is 0 Å². The van der Waals surface area contributed by atoms with Crippen molar-refractivity contribution in [1.29, 1.82) is 0 Å². The van der Waals surface area contributed by atoms with E-state index in [4.69, 9.17) is 0 Å². The highest BCUT2D eigenvalue weighted by atomic mass is 14.1. The minimum absolute atomic E-state index is 0.937. The van der Waals surface area contributed by atoms with Gasteiger partial charge >= 0.3 is 0 Å². The fraction of sp³-hybridized carbons (Fsp3) is 1.00. The van der Waals surface area contributed by atoms with Crippen LogP contribution in [0.2, 0.25) is 5.82 Å². The fourth-order valence-corrected chi connectivity index (χ4v) is 1.74. The molecule has 0 amide bonds. The molecular formula is C11H25B. The summed E-state index contributed by atoms with van der Waals surface area (Å²) in [6.07, 6.45) is 8.41. The maximum Gasteiger partial charge on any atom is 0.105 e. The Labute approximate surface area is 79.5 Å². The Balaban J connectivity index is 3.35. The summed E-state index contributed by atoms with van der Waals surface area (Å²) in [5.41, 5.74) is 0. The zero-order valence-corrected chi connectivity index (χ0v) is 9.40. The Morgan fingerprint density at radius 1 is 1.00 bits per heavy atom. The van der Waals surface area contributed by atoms with E-state index in [1.165, 1.54) is 38.5 Å². The maximum absolute atomic E-state index is 2.41. The largest absolute Gasteiger partial charge is 0.105 e. The maximum atomic E-state index is 2.41. The summed E-state index contributed by atoms with van der Waals surface area (Å²) in [6.45, 7) is 6.98. The molecule has 0 radical (unpaired) electrons. The Morgan fingerprint density at radius 2 is 1.67 bits per heavy atom. The molecule has 0 N–H and O–H groups in total. The molecule has 0 aliphatic heterocycles. The molecule has 0 nitrogen and oxygen atoms in total. The average molecular weight is 168 g/mol. The quantitative estimate of drug-likeness (QED) is 0.403. The molecule has 1 heteroatoms. The molecule has 0 aliphatic carbocycles. The zero-order valence-electron chi connectivity index (χ0n) is 9.40. The van der Waals surface area contributed by atoms with Gasteiger partial charge in [0.1, 0.15) is 7.85 Å². The fourth-order valence-electron chi connectivity index (χ4n) is 1.74. The second-order valence-electron chi connectivity index (χ2n) is 4.24. The van der Waals surface area contributed by atoms with E-state index in [-0.39, 0.29) is 0 Å². The van der Waals surface area contributed by atoms with Crippen LogP contribution < -0.4 is 0 Å². The molecule has 72 valence electrons. The molecular weight excluding hydrogens is 143 g/mol. The molecule has 2 atom stereocenters. The molecule has 0 fully saturated rings. The van der Waals surface area contributed by atoms with Crippen LogP contribution in [0.3, 0.4) is 0 Å². The Hall–Kier alpha value is 0.0649. The summed E-state index contributed by atoms with van der Waals surface area (Å²) in [4.78, 5) is 0. The molecule has 0 aliphatic rings. The third-order valence-electron chi connectivity index (χ3n) is 2.98. The number of hydrogen-bond acceptors (Lipinski definition) is 0. The smallest absolute Gasteiger partial charge is 0.0672 e. The van der Waals surface area contributed by atoms with Crippen molar-refractivity contribution in [3.63, 3.8) is 0 Å². The zero-order chi connectivity index (χ0) is 9.40. The first kappa shape index (κ1) is 12.1. The van der Waals surface area contributed by atoms with Gasteiger partial charge in [0.05, 0.1) is 0 Å². The molecule has 12 heavy (non-hydrogen) atoms. The van der Waals surface area contributed by atoms with Gasteiger partial charge in [0.15, 0.2) is 0 Å². The van der Waals surface area contributed by atoms with Crippen LogP contribution in [0, 0.1) is 5.92 Å². The normalized spacial score (nSPS) is 15.9. The van der Waals surface area contributed by atoms with Crippen molar-refractivity contribution >= 4 is 7.85 Å². The lowest BCUT2D eigenvalue weighted by molar-refractivity contribution is 0.448. The lowest BCUT2D eigenvalue weighted by Gasteiger charge is -2.18. The van der Waals surface area contributed by atoms with E-state index in [2.05, 4.69) is 28.6 Å². The molecule has 2 unspecified atom stereocenters. The van der Waals surface area contributed by atoms with Crippen molar-refractivity contribution in [3.05, 3.63) is 0 Å². The Kier molecular flexibility index (Phi) is 7.74. The summed E-state index contributed by atoms with van der Waals surface area (Å²) < 4.78 is 0. The van der Waals surface area contributed by atoms with Crippen LogP contribution in [0.15, 0.2) is 0 Å². The van der Waals surface area contributed by atoms with E-state index >= 15 is 0 Å². The first-order valence-corrected chi connectivity index (χ1v) is 5.72. The van der Waals surface area contributed by atoms with Gasteiger partial charge in [-0.05, 0) is 5.92 Å². The van der Waals surface area contributed by atoms with Gasteiger partial charge in [0, 0.05) is 0 Å². The van der Waals surface area contributed by atoms with E-state index in [1.54, 1.807) is 0 Å². The number of rotatable bonds is 7. The Bertz CT molecular complexity index is 91.0. The summed E-state index contributed by atoms with van der Waals surface area (Å²) in [7, 11) is 2.40. The van der Waals surface area contributed by atoms with Crippen LogP contribution in [-0.4, -0.2) is 7.85 Å². The highest BCUT2D eigenvalue weighted by Crippen LogP contribution is 2.24. The molecule has 0 spiro atoms. The topological polar surface area (TPSA) is 0 Å². The third kappa shape index (κ3) is 5.68. The minimum atomic E-state index is 0.937. The van der Waals surface area contributed by atoms with Crippen LogP contribution in [0.4, 0.5) is 0 Å². The van der Waals surface area contributed by atoms with E-state index in [9.17, 15) is 0 Å². The highest BCUT2D eigenvalue weighted by molar-refractivity contribution is 6.11. The van der Waals surface area contributed by atoms with Gasteiger partial charge in [0.25, 0.3) is 0 Å². The predicted molar refractivity (Wildman–Crippen MR) is 60.5 cm³/mol. The number of hydrogen-bond donors (Lipinski definition) is 0. The molecule has 0 bridgehead atoms. The van der Waals surface area contributed by atoms with Crippen LogP contribution >= 0.6 is 0 Å².